The number of aromatic nitrogens is 2. The lowest BCUT2D eigenvalue weighted by Crippen LogP contribution is -2.03. The second-order valence-corrected chi connectivity index (χ2v) is 3.93. The molecule has 3 aromatic rings. The molecule has 0 bridgehead atoms. The Balaban J connectivity index is 2.00. The van der Waals surface area contributed by atoms with E-state index in [9.17, 15) is 0 Å². The molecule has 0 atom stereocenters. The number of furan rings is 1. The molecular weight excluding hydrogens is 214 g/mol. The van der Waals surface area contributed by atoms with Gasteiger partial charge in [-0.2, -0.15) is 0 Å². The Morgan fingerprint density at radius 1 is 1.24 bits per heavy atom. The summed E-state index contributed by atoms with van der Waals surface area (Å²) in [5.41, 5.74) is 8.79. The van der Waals surface area contributed by atoms with Crippen LogP contribution in [0.25, 0.3) is 11.0 Å². The van der Waals surface area contributed by atoms with E-state index >= 15 is 0 Å². The summed E-state index contributed by atoms with van der Waals surface area (Å²) in [7, 11) is 0. The van der Waals surface area contributed by atoms with Gasteiger partial charge in [0.2, 0.25) is 0 Å². The van der Waals surface area contributed by atoms with E-state index in [1.807, 2.05) is 36.7 Å². The zero-order valence-electron chi connectivity index (χ0n) is 9.34. The molecule has 0 aliphatic heterocycles. The molecular formula is C13H13N3O. The number of imidazole rings is 1. The fourth-order valence-corrected chi connectivity index (χ4v) is 1.98. The smallest absolute Gasteiger partial charge is 0.127 e. The van der Waals surface area contributed by atoms with Gasteiger partial charge in [-0.05, 0) is 18.2 Å². The molecule has 0 aliphatic rings. The monoisotopic (exact) mass is 227 g/mol. The third-order valence-electron chi connectivity index (χ3n) is 2.90. The maximum Gasteiger partial charge on any atom is 0.127 e. The van der Waals surface area contributed by atoms with Crippen molar-refractivity contribution in [1.29, 1.82) is 0 Å². The lowest BCUT2D eigenvalue weighted by molar-refractivity contribution is 0.491. The highest BCUT2D eigenvalue weighted by Gasteiger charge is 2.07. The largest absolute Gasteiger partial charge is 0.467 e. The van der Waals surface area contributed by atoms with Gasteiger partial charge in [-0.3, -0.25) is 0 Å². The molecule has 0 aliphatic carbocycles. The van der Waals surface area contributed by atoms with Gasteiger partial charge < -0.3 is 14.7 Å². The molecule has 4 nitrogen and oxygen atoms in total. The molecule has 2 aromatic heterocycles. The van der Waals surface area contributed by atoms with Crippen LogP contribution >= 0.6 is 0 Å². The van der Waals surface area contributed by atoms with Crippen molar-refractivity contribution in [2.24, 2.45) is 5.73 Å². The number of rotatable bonds is 3. The number of nitrogens with two attached hydrogens (primary N) is 1. The molecule has 0 fully saturated rings. The SMILES string of the molecule is NCc1ccoc1Cn1cnc2ccccc21. The number of benzene rings is 1. The van der Waals surface area contributed by atoms with Crippen LogP contribution in [0.5, 0.6) is 0 Å². The van der Waals surface area contributed by atoms with Gasteiger partial charge >= 0.3 is 0 Å². The first-order valence-electron chi connectivity index (χ1n) is 5.53. The summed E-state index contributed by atoms with van der Waals surface area (Å²) < 4.78 is 7.51. The molecule has 0 saturated carbocycles. The highest BCUT2D eigenvalue weighted by Crippen LogP contribution is 2.16. The third-order valence-corrected chi connectivity index (χ3v) is 2.90. The van der Waals surface area contributed by atoms with Crippen molar-refractivity contribution < 1.29 is 4.42 Å². The predicted octanol–water partition coefficient (Wildman–Crippen LogP) is 2.14. The zero-order valence-corrected chi connectivity index (χ0v) is 9.34. The Hall–Kier alpha value is -2.07. The third kappa shape index (κ3) is 1.72. The Morgan fingerprint density at radius 2 is 2.12 bits per heavy atom. The van der Waals surface area contributed by atoms with E-state index in [1.54, 1.807) is 6.26 Å². The minimum absolute atomic E-state index is 0.498. The standard InChI is InChI=1S/C13H13N3O/c14-7-10-5-6-17-13(10)8-16-9-15-11-3-1-2-4-12(11)16/h1-6,9H,7-8,14H2. The van der Waals surface area contributed by atoms with Gasteiger partial charge in [-0.15, -0.1) is 0 Å². The second-order valence-electron chi connectivity index (χ2n) is 3.93. The molecule has 4 heteroatoms. The van der Waals surface area contributed by atoms with E-state index in [-0.39, 0.29) is 0 Å². The summed E-state index contributed by atoms with van der Waals surface area (Å²) >= 11 is 0. The van der Waals surface area contributed by atoms with Crippen LogP contribution in [0.15, 0.2) is 47.3 Å². The Bertz CT molecular complexity index is 639. The van der Waals surface area contributed by atoms with Gasteiger partial charge in [-0.25, -0.2) is 4.98 Å². The lowest BCUT2D eigenvalue weighted by Gasteiger charge is -2.03. The summed E-state index contributed by atoms with van der Waals surface area (Å²) in [5, 5.41) is 0. The quantitative estimate of drug-likeness (QED) is 0.745. The van der Waals surface area contributed by atoms with Gasteiger partial charge in [0.25, 0.3) is 0 Å². The average molecular weight is 227 g/mol. The lowest BCUT2D eigenvalue weighted by atomic mass is 10.2. The first kappa shape index (κ1) is 10.1. The van der Waals surface area contributed by atoms with E-state index in [4.69, 9.17) is 10.2 Å². The molecule has 2 N–H and O–H groups in total. The van der Waals surface area contributed by atoms with Crippen molar-refractivity contribution in [2.45, 2.75) is 13.1 Å². The molecule has 86 valence electrons. The van der Waals surface area contributed by atoms with E-state index in [0.717, 1.165) is 22.4 Å². The fourth-order valence-electron chi connectivity index (χ4n) is 1.98. The van der Waals surface area contributed by atoms with Crippen LogP contribution in [0.3, 0.4) is 0 Å². The summed E-state index contributed by atoms with van der Waals surface area (Å²) in [4.78, 5) is 4.34. The first-order chi connectivity index (χ1) is 8.38. The number of hydrogen-bond donors (Lipinski definition) is 1. The molecule has 17 heavy (non-hydrogen) atoms. The highest BCUT2D eigenvalue weighted by atomic mass is 16.3. The van der Waals surface area contributed by atoms with Crippen molar-refractivity contribution in [2.75, 3.05) is 0 Å². The van der Waals surface area contributed by atoms with Gasteiger partial charge in [0.05, 0.1) is 30.2 Å². The van der Waals surface area contributed by atoms with Crippen molar-refractivity contribution in [1.82, 2.24) is 9.55 Å². The maximum atomic E-state index is 5.65. The Kier molecular flexibility index (Phi) is 2.42. The first-order valence-corrected chi connectivity index (χ1v) is 5.53. The summed E-state index contributed by atoms with van der Waals surface area (Å²) in [6.07, 6.45) is 3.50. The van der Waals surface area contributed by atoms with Crippen molar-refractivity contribution >= 4 is 11.0 Å². The van der Waals surface area contributed by atoms with Crippen LogP contribution in [-0.4, -0.2) is 9.55 Å². The van der Waals surface area contributed by atoms with Crippen LogP contribution in [0.2, 0.25) is 0 Å². The Labute approximate surface area is 98.7 Å². The summed E-state index contributed by atoms with van der Waals surface area (Å²) in [5.74, 6) is 0.899. The Morgan fingerprint density at radius 3 is 3.00 bits per heavy atom. The number of nitrogens with zero attached hydrogens (tertiary/aromatic N) is 2. The normalized spacial score (nSPS) is 11.1. The van der Waals surface area contributed by atoms with E-state index < -0.39 is 0 Å². The van der Waals surface area contributed by atoms with Crippen LogP contribution in [0.1, 0.15) is 11.3 Å². The highest BCUT2D eigenvalue weighted by molar-refractivity contribution is 5.75. The summed E-state index contributed by atoms with van der Waals surface area (Å²) in [6.45, 7) is 1.17. The fraction of sp³-hybridized carbons (Fsp3) is 0.154. The minimum Gasteiger partial charge on any atom is -0.467 e. The molecule has 0 amide bonds. The molecule has 0 spiro atoms. The van der Waals surface area contributed by atoms with E-state index in [2.05, 4.69) is 9.55 Å². The van der Waals surface area contributed by atoms with Crippen LogP contribution in [0, 0.1) is 0 Å². The molecule has 3 rings (SSSR count). The topological polar surface area (TPSA) is 57.0 Å². The van der Waals surface area contributed by atoms with Crippen molar-refractivity contribution in [3.05, 3.63) is 54.2 Å². The molecule has 2 heterocycles. The van der Waals surface area contributed by atoms with E-state index in [1.165, 1.54) is 0 Å². The molecule has 0 radical (unpaired) electrons. The number of fused-ring (bicyclic) bond motifs is 1. The van der Waals surface area contributed by atoms with E-state index in [0.29, 0.717) is 13.1 Å². The number of hydrogen-bond acceptors (Lipinski definition) is 3. The summed E-state index contributed by atoms with van der Waals surface area (Å²) in [6, 6.07) is 9.95. The van der Waals surface area contributed by atoms with Gasteiger partial charge in [-0.1, -0.05) is 12.1 Å². The number of para-hydroxylation sites is 2. The molecule has 0 saturated heterocycles. The minimum atomic E-state index is 0.498. The van der Waals surface area contributed by atoms with Crippen molar-refractivity contribution in [3.63, 3.8) is 0 Å². The van der Waals surface area contributed by atoms with Gasteiger partial charge in [0.15, 0.2) is 0 Å². The van der Waals surface area contributed by atoms with Gasteiger partial charge in [0, 0.05) is 12.1 Å². The predicted molar refractivity (Wildman–Crippen MR) is 65.4 cm³/mol. The van der Waals surface area contributed by atoms with Crippen LogP contribution < -0.4 is 5.73 Å². The maximum absolute atomic E-state index is 5.65. The van der Waals surface area contributed by atoms with Crippen LogP contribution in [-0.2, 0) is 13.1 Å². The van der Waals surface area contributed by atoms with Crippen molar-refractivity contribution in [3.8, 4) is 0 Å². The zero-order chi connectivity index (χ0) is 11.7. The molecule has 0 unspecified atom stereocenters. The average Bonchev–Trinajstić information content (AvgIpc) is 2.97. The van der Waals surface area contributed by atoms with Crippen LogP contribution in [0.4, 0.5) is 0 Å². The van der Waals surface area contributed by atoms with Gasteiger partial charge in [0.1, 0.15) is 5.76 Å². The second kappa shape index (κ2) is 4.07. The molecule has 1 aromatic carbocycles.